The molecule has 10 aromatic carbocycles. The summed E-state index contributed by atoms with van der Waals surface area (Å²) in [5.74, 6) is -0.210. The Morgan fingerprint density at radius 1 is 0.390 bits per heavy atom. The fraction of sp³-hybridized carbons (Fsp3) is 0.171. The molecule has 82 heavy (non-hydrogen) atoms. The van der Waals surface area contributed by atoms with Crippen LogP contribution < -0.4 is 9.38 Å². The van der Waals surface area contributed by atoms with Crippen LogP contribution >= 0.6 is 19.1 Å². The van der Waals surface area contributed by atoms with Gasteiger partial charge in [0.2, 0.25) is 0 Å². The molecular weight excluding hydrogens is 1130 g/mol. The van der Waals surface area contributed by atoms with Crippen LogP contribution in [0.2, 0.25) is 0 Å². The predicted molar refractivity (Wildman–Crippen MR) is 346 cm³/mol. The quantitative estimate of drug-likeness (QED) is 0.0388. The molecule has 0 radical (unpaired) electrons. The van der Waals surface area contributed by atoms with Crippen LogP contribution in [-0.2, 0) is 15.9 Å². The van der Waals surface area contributed by atoms with E-state index in [1.165, 1.54) is 109 Å². The van der Waals surface area contributed by atoms with Gasteiger partial charge in [-0.05, 0) is 108 Å². The van der Waals surface area contributed by atoms with Crippen LogP contribution in [0.15, 0.2) is 279 Å². The molecule has 1 atom stereocenters. The molecule has 1 aliphatic rings. The molecule has 11 rings (SSSR count). The number of benzene rings is 10. The molecule has 1 unspecified atom stereocenters. The molecule has 10 aromatic rings. The van der Waals surface area contributed by atoms with E-state index in [1.54, 1.807) is 0 Å². The molecule has 3 nitrogen and oxygen atoms in total. The van der Waals surface area contributed by atoms with Crippen LogP contribution in [0.5, 0.6) is 0 Å². The summed E-state index contributed by atoms with van der Waals surface area (Å²) in [4.78, 5) is 4.86. The topological polar surface area (TPSA) is 6.48 Å². The Hall–Kier alpha value is -7.10. The Bertz CT molecular complexity index is 3180. The van der Waals surface area contributed by atoms with E-state index in [2.05, 4.69) is 337 Å². The first kappa shape index (κ1) is 59.5. The second-order valence-electron chi connectivity index (χ2n) is 21.2. The monoisotopic (exact) mass is 1210 g/mol. The Morgan fingerprint density at radius 3 is 0.829 bits per heavy atom. The minimum atomic E-state index is -0.106. The predicted octanol–water partition coefficient (Wildman–Crippen LogP) is 19.8. The van der Waals surface area contributed by atoms with Gasteiger partial charge in [0.05, 0.1) is 13.2 Å². The van der Waals surface area contributed by atoms with Crippen molar-refractivity contribution < 1.29 is 15.9 Å². The second-order valence-corrected chi connectivity index (χ2v) is 23.6. The summed E-state index contributed by atoms with van der Waals surface area (Å²) >= 11 is -0.106. The molecule has 0 amide bonds. The summed E-state index contributed by atoms with van der Waals surface area (Å²) in [5.41, 5.74) is 20.0. The molecular formula is C76H75Cl2N3Pd. The number of anilines is 1. The van der Waals surface area contributed by atoms with Gasteiger partial charge in [0.15, 0.2) is 0 Å². The van der Waals surface area contributed by atoms with Crippen molar-refractivity contribution in [2.24, 2.45) is 0 Å². The normalized spacial score (nSPS) is 13.8. The van der Waals surface area contributed by atoms with Crippen molar-refractivity contribution in [3.05, 3.63) is 364 Å². The zero-order valence-corrected chi connectivity index (χ0v) is 51.0. The van der Waals surface area contributed by atoms with Gasteiger partial charge in [-0.25, -0.2) is 0 Å². The van der Waals surface area contributed by atoms with Gasteiger partial charge in [-0.1, -0.05) is 287 Å². The number of rotatable bonds is 17. The Labute approximate surface area is 505 Å². The van der Waals surface area contributed by atoms with Crippen molar-refractivity contribution in [1.82, 2.24) is 9.38 Å². The molecule has 418 valence electrons. The molecule has 0 N–H and O–H groups in total. The van der Waals surface area contributed by atoms with E-state index >= 15 is 0 Å². The first-order chi connectivity index (χ1) is 40.2. The van der Waals surface area contributed by atoms with Gasteiger partial charge < -0.3 is 14.3 Å². The molecule has 0 saturated heterocycles. The molecule has 1 aliphatic heterocycles. The Morgan fingerprint density at radius 2 is 0.610 bits per heavy atom. The van der Waals surface area contributed by atoms with Gasteiger partial charge in [0, 0.05) is 46.7 Å². The van der Waals surface area contributed by atoms with E-state index in [4.69, 9.17) is 19.1 Å². The van der Waals surface area contributed by atoms with Crippen LogP contribution in [0, 0.1) is 20.5 Å². The van der Waals surface area contributed by atoms with Gasteiger partial charge in [0.25, 0.3) is 0 Å². The molecule has 0 aromatic heterocycles. The first-order valence-electron chi connectivity index (χ1n) is 28.6. The standard InChI is InChI=1S/C70H60N2.C6H15N.2ClH.Pd/c1-51-46-61(65(53-28-12-4-13-29-53)54-30-14-5-15-31-54)69(62(47-51)66(55-32-16-6-17-33-55)56-34-18-7-19-35-56)71-44-45-72(3,50-71)70-63(67(57-36-20-8-21-37-57)58-38-22-9-23-39-58)48-52(2)49-64(70)68(59-40-24-10-25-41-59)60-42-26-11-27-43-60;1-4-7(5-2)6-3;;;/h4-50,65-68H,1-3H3;4-6H2,1-3H3;2*1H;/q;;;;+2/p-2. The summed E-state index contributed by atoms with van der Waals surface area (Å²) < 4.78 is 0.423. The zero-order chi connectivity index (χ0) is 57.3. The molecule has 1 heterocycles. The second kappa shape index (κ2) is 29.2. The van der Waals surface area contributed by atoms with E-state index in [0.717, 1.165) is 0 Å². The SMILES string of the molecule is CCN(CC)CC.Cc1cc(C(c2ccccc2)c2ccccc2)c(N2C=C[N+](C)(c3c(C(c4ccccc4)c4ccccc4)cc(C)cc3C(c3ccccc3)c3ccccc3)[CH-]2)c(C(c2ccccc2)c2ccccc2)c1.[Cl][Pd][Cl]. The number of hydrogen-bond donors (Lipinski definition) is 0. The maximum absolute atomic E-state index is 4.81. The summed E-state index contributed by atoms with van der Waals surface area (Å²) in [6.45, 7) is 17.2. The summed E-state index contributed by atoms with van der Waals surface area (Å²) in [6, 6.07) is 98.6. The number of aryl methyl sites for hydroxylation is 2. The summed E-state index contributed by atoms with van der Waals surface area (Å²) in [6.07, 6.45) is 4.77. The molecule has 0 spiro atoms. The van der Waals surface area contributed by atoms with Crippen molar-refractivity contribution >= 4 is 30.4 Å². The third kappa shape index (κ3) is 14.0. The van der Waals surface area contributed by atoms with Crippen molar-refractivity contribution in [2.75, 3.05) is 31.6 Å². The summed E-state index contributed by atoms with van der Waals surface area (Å²) in [5, 5.41) is 0. The van der Waals surface area contributed by atoms with Crippen molar-refractivity contribution in [3.8, 4) is 0 Å². The van der Waals surface area contributed by atoms with E-state index in [0.29, 0.717) is 4.48 Å². The summed E-state index contributed by atoms with van der Waals surface area (Å²) in [7, 11) is 12.0. The number of quaternary nitrogens is 1. The number of hydrogen-bond acceptors (Lipinski definition) is 2. The van der Waals surface area contributed by atoms with Gasteiger partial charge in [0.1, 0.15) is 5.69 Å². The van der Waals surface area contributed by atoms with Crippen LogP contribution in [0.25, 0.3) is 0 Å². The van der Waals surface area contributed by atoms with Crippen LogP contribution in [-0.4, -0.2) is 31.6 Å². The van der Waals surface area contributed by atoms with Crippen LogP contribution in [0.4, 0.5) is 11.4 Å². The van der Waals surface area contributed by atoms with E-state index in [9.17, 15) is 0 Å². The Balaban J connectivity index is 0.000000747. The zero-order valence-electron chi connectivity index (χ0n) is 48.0. The Kier molecular flexibility index (Phi) is 21.2. The van der Waals surface area contributed by atoms with Crippen molar-refractivity contribution in [3.63, 3.8) is 0 Å². The first-order valence-corrected chi connectivity index (χ1v) is 32.6. The maximum atomic E-state index is 4.81. The fourth-order valence-corrected chi connectivity index (χ4v) is 12.3. The van der Waals surface area contributed by atoms with Gasteiger partial charge in [-0.2, -0.15) is 0 Å². The van der Waals surface area contributed by atoms with E-state index in [1.807, 2.05) is 0 Å². The van der Waals surface area contributed by atoms with Gasteiger partial charge >= 0.3 is 35.0 Å². The van der Waals surface area contributed by atoms with Gasteiger partial charge in [-0.15, -0.1) is 0 Å². The third-order valence-electron chi connectivity index (χ3n) is 15.9. The number of nitrogens with zero attached hydrogens (tertiary/aromatic N) is 3. The number of halogens is 2. The molecule has 0 bridgehead atoms. The molecule has 0 aliphatic carbocycles. The average Bonchev–Trinajstić information content (AvgIpc) is 3.96. The fourth-order valence-electron chi connectivity index (χ4n) is 12.3. The van der Waals surface area contributed by atoms with Crippen molar-refractivity contribution in [1.29, 1.82) is 0 Å². The molecule has 0 fully saturated rings. The average molecular weight is 1210 g/mol. The third-order valence-corrected chi connectivity index (χ3v) is 15.9. The molecule has 6 heteroatoms. The van der Waals surface area contributed by atoms with Crippen LogP contribution in [0.1, 0.15) is 122 Å². The van der Waals surface area contributed by atoms with E-state index < -0.39 is 0 Å². The van der Waals surface area contributed by atoms with E-state index in [-0.39, 0.29) is 39.6 Å². The van der Waals surface area contributed by atoms with Crippen LogP contribution in [0.3, 0.4) is 0 Å². The van der Waals surface area contributed by atoms with Crippen molar-refractivity contribution in [2.45, 2.75) is 58.3 Å². The molecule has 0 saturated carbocycles. The minimum absolute atomic E-state index is 0.0503. The van der Waals surface area contributed by atoms with Gasteiger partial charge in [-0.3, -0.25) is 0 Å².